The minimum atomic E-state index is -4.79. The van der Waals surface area contributed by atoms with Crippen molar-refractivity contribution >= 4 is 21.6 Å². The van der Waals surface area contributed by atoms with Crippen LogP contribution < -0.4 is 10.0 Å². The van der Waals surface area contributed by atoms with Gasteiger partial charge in [0.15, 0.2) is 0 Å². The smallest absolute Gasteiger partial charge is 0.316 e. The molecule has 0 unspecified atom stereocenters. The molecule has 0 spiro atoms. The second-order valence-corrected chi connectivity index (χ2v) is 7.29. The summed E-state index contributed by atoms with van der Waals surface area (Å²) in [5.41, 5.74) is -1.26. The average molecular weight is 357 g/mol. The molecule has 2 rings (SSSR count). The molecule has 2 N–H and O–H groups in total. The van der Waals surface area contributed by atoms with Crippen molar-refractivity contribution in [2.75, 3.05) is 19.6 Å². The predicted molar refractivity (Wildman–Crippen MR) is 77.2 cm³/mol. The Morgan fingerprint density at radius 1 is 1.36 bits per heavy atom. The molecule has 1 aromatic carbocycles. The fourth-order valence-electron chi connectivity index (χ4n) is 2.40. The Bertz CT molecular complexity index is 629. The molecule has 9 heteroatoms. The van der Waals surface area contributed by atoms with Crippen LogP contribution in [-0.4, -0.2) is 28.1 Å². The molecule has 1 atom stereocenters. The summed E-state index contributed by atoms with van der Waals surface area (Å²) in [6.45, 7) is 1.58. The quantitative estimate of drug-likeness (QED) is 0.872. The zero-order valence-corrected chi connectivity index (χ0v) is 13.2. The van der Waals surface area contributed by atoms with Crippen LogP contribution >= 0.6 is 11.6 Å². The molecule has 1 heterocycles. The highest BCUT2D eigenvalue weighted by atomic mass is 35.5. The summed E-state index contributed by atoms with van der Waals surface area (Å²) in [6, 6.07) is 2.92. The van der Waals surface area contributed by atoms with Gasteiger partial charge in [0, 0.05) is 6.54 Å². The summed E-state index contributed by atoms with van der Waals surface area (Å²) in [5.74, 6) is 0.0559. The van der Waals surface area contributed by atoms with Gasteiger partial charge >= 0.3 is 6.18 Å². The maximum absolute atomic E-state index is 13.0. The summed E-state index contributed by atoms with van der Waals surface area (Å²) >= 11 is 5.71. The van der Waals surface area contributed by atoms with Gasteiger partial charge in [-0.1, -0.05) is 17.7 Å². The van der Waals surface area contributed by atoms with Gasteiger partial charge in [-0.15, -0.1) is 0 Å². The highest BCUT2D eigenvalue weighted by molar-refractivity contribution is 7.89. The van der Waals surface area contributed by atoms with Crippen molar-refractivity contribution in [1.82, 2.24) is 10.0 Å². The zero-order chi connectivity index (χ0) is 16.4. The van der Waals surface area contributed by atoms with Crippen LogP contribution in [0, 0.1) is 5.92 Å². The van der Waals surface area contributed by atoms with Gasteiger partial charge in [0.2, 0.25) is 10.0 Å². The van der Waals surface area contributed by atoms with Gasteiger partial charge in [-0.05, 0) is 44.0 Å². The van der Waals surface area contributed by atoms with Gasteiger partial charge in [0.1, 0.15) is 4.90 Å². The molecule has 0 amide bonds. The number of nitrogens with one attached hydrogen (secondary N) is 2. The van der Waals surface area contributed by atoms with Crippen LogP contribution in [0.5, 0.6) is 0 Å². The largest absolute Gasteiger partial charge is 0.417 e. The van der Waals surface area contributed by atoms with Gasteiger partial charge in [-0.25, -0.2) is 13.1 Å². The third-order valence-electron chi connectivity index (χ3n) is 3.50. The van der Waals surface area contributed by atoms with Crippen molar-refractivity contribution in [2.24, 2.45) is 5.92 Å². The summed E-state index contributed by atoms with van der Waals surface area (Å²) in [6.07, 6.45) is -3.06. The molecule has 0 radical (unpaired) electrons. The number of rotatable bonds is 4. The van der Waals surface area contributed by atoms with Gasteiger partial charge in [0.05, 0.1) is 10.6 Å². The lowest BCUT2D eigenvalue weighted by Crippen LogP contribution is -2.38. The van der Waals surface area contributed by atoms with Gasteiger partial charge in [0.25, 0.3) is 0 Å². The molecule has 0 aliphatic carbocycles. The van der Waals surface area contributed by atoms with Crippen molar-refractivity contribution in [3.8, 4) is 0 Å². The first-order valence-electron chi connectivity index (χ1n) is 6.78. The van der Waals surface area contributed by atoms with Crippen molar-refractivity contribution in [1.29, 1.82) is 0 Å². The molecular formula is C13H16ClF3N2O2S. The fraction of sp³-hybridized carbons (Fsp3) is 0.538. The number of piperidine rings is 1. The Labute approximate surface area is 132 Å². The number of alkyl halides is 3. The molecule has 1 fully saturated rings. The summed E-state index contributed by atoms with van der Waals surface area (Å²) < 4.78 is 65.7. The first-order valence-corrected chi connectivity index (χ1v) is 8.64. The lowest BCUT2D eigenvalue weighted by atomic mass is 10.0. The van der Waals surface area contributed by atoms with Crippen LogP contribution in [0.3, 0.4) is 0 Å². The molecule has 1 aromatic rings. The van der Waals surface area contributed by atoms with Gasteiger partial charge < -0.3 is 5.32 Å². The van der Waals surface area contributed by atoms with Crippen LogP contribution in [0.4, 0.5) is 13.2 Å². The van der Waals surface area contributed by atoms with E-state index >= 15 is 0 Å². The molecule has 0 aromatic heterocycles. The molecule has 124 valence electrons. The van der Waals surface area contributed by atoms with Crippen LogP contribution in [0.1, 0.15) is 18.4 Å². The van der Waals surface area contributed by atoms with Crippen LogP contribution in [-0.2, 0) is 16.2 Å². The van der Waals surface area contributed by atoms with E-state index < -0.39 is 31.7 Å². The molecule has 0 bridgehead atoms. The zero-order valence-electron chi connectivity index (χ0n) is 11.6. The van der Waals surface area contributed by atoms with E-state index in [-0.39, 0.29) is 12.5 Å². The predicted octanol–water partition coefficient (Wildman–Crippen LogP) is 2.64. The third-order valence-corrected chi connectivity index (χ3v) is 5.45. The van der Waals surface area contributed by atoms with Gasteiger partial charge in [-0.2, -0.15) is 13.2 Å². The van der Waals surface area contributed by atoms with Crippen molar-refractivity contribution in [3.63, 3.8) is 0 Å². The molecule has 1 aliphatic heterocycles. The van der Waals surface area contributed by atoms with E-state index in [0.29, 0.717) is 12.6 Å². The van der Waals surface area contributed by atoms with E-state index in [9.17, 15) is 21.6 Å². The Morgan fingerprint density at radius 2 is 2.09 bits per heavy atom. The van der Waals surface area contributed by atoms with Crippen molar-refractivity contribution < 1.29 is 21.6 Å². The van der Waals surface area contributed by atoms with E-state index in [0.717, 1.165) is 31.5 Å². The van der Waals surface area contributed by atoms with Gasteiger partial charge in [-0.3, -0.25) is 0 Å². The highest BCUT2D eigenvalue weighted by Gasteiger charge is 2.38. The molecular weight excluding hydrogens is 341 g/mol. The highest BCUT2D eigenvalue weighted by Crippen LogP contribution is 2.37. The van der Waals surface area contributed by atoms with Crippen LogP contribution in [0.15, 0.2) is 23.1 Å². The Morgan fingerprint density at radius 3 is 2.68 bits per heavy atom. The third kappa shape index (κ3) is 4.13. The second kappa shape index (κ2) is 6.74. The van der Waals surface area contributed by atoms with E-state index in [4.69, 9.17) is 11.6 Å². The second-order valence-electron chi connectivity index (χ2n) is 5.18. The number of halogens is 4. The van der Waals surface area contributed by atoms with Crippen LogP contribution in [0.2, 0.25) is 5.02 Å². The monoisotopic (exact) mass is 356 g/mol. The summed E-state index contributed by atoms with van der Waals surface area (Å²) in [7, 11) is -4.33. The summed E-state index contributed by atoms with van der Waals surface area (Å²) in [4.78, 5) is -0.909. The lowest BCUT2D eigenvalue weighted by Gasteiger charge is -2.23. The maximum atomic E-state index is 13.0. The lowest BCUT2D eigenvalue weighted by molar-refractivity contribution is -0.139. The number of benzene rings is 1. The average Bonchev–Trinajstić information content (AvgIpc) is 2.45. The Kier molecular flexibility index (Phi) is 5.37. The maximum Gasteiger partial charge on any atom is 0.417 e. The minimum absolute atomic E-state index is 0.0559. The molecule has 1 saturated heterocycles. The fourth-order valence-corrected chi connectivity index (χ4v) is 4.28. The van der Waals surface area contributed by atoms with Crippen molar-refractivity contribution in [3.05, 3.63) is 28.8 Å². The molecule has 1 aliphatic rings. The standard InChI is InChI=1S/C13H16ClF3N2O2S/c14-11-5-1-4-10(13(15,16)17)12(11)22(20,21)19-8-9-3-2-6-18-7-9/h1,4-5,9,18-19H,2-3,6-8H2/t9-/m1/s1. The van der Waals surface area contributed by atoms with E-state index in [2.05, 4.69) is 10.0 Å². The normalized spacial score (nSPS) is 20.1. The van der Waals surface area contributed by atoms with Crippen molar-refractivity contribution in [2.45, 2.75) is 23.9 Å². The number of sulfonamides is 1. The summed E-state index contributed by atoms with van der Waals surface area (Å²) in [5, 5.41) is 2.68. The Hall–Kier alpha value is -0.830. The van der Waals surface area contributed by atoms with E-state index in [1.807, 2.05) is 0 Å². The minimum Gasteiger partial charge on any atom is -0.316 e. The molecule has 0 saturated carbocycles. The molecule has 4 nitrogen and oxygen atoms in total. The topological polar surface area (TPSA) is 58.2 Å². The number of hydrogen-bond donors (Lipinski definition) is 2. The SMILES string of the molecule is O=S(=O)(NC[C@@H]1CCCNC1)c1c(Cl)cccc1C(F)(F)F. The Balaban J connectivity index is 2.25. The first-order chi connectivity index (χ1) is 10.2. The van der Waals surface area contributed by atoms with E-state index in [1.54, 1.807) is 0 Å². The first kappa shape index (κ1) is 17.5. The van der Waals surface area contributed by atoms with Crippen LogP contribution in [0.25, 0.3) is 0 Å². The number of hydrogen-bond acceptors (Lipinski definition) is 3. The molecule has 22 heavy (non-hydrogen) atoms. The van der Waals surface area contributed by atoms with E-state index in [1.165, 1.54) is 0 Å².